The van der Waals surface area contributed by atoms with Crippen molar-refractivity contribution in [3.05, 3.63) is 96.6 Å². The fourth-order valence-corrected chi connectivity index (χ4v) is 3.81. The lowest BCUT2D eigenvalue weighted by molar-refractivity contribution is 0.488. The highest BCUT2D eigenvalue weighted by molar-refractivity contribution is 8.09. The SMILES string of the molecule is S=P(/N=C/c1ccccc1)(Oc1ccccc1)Oc1ccccc1. The molecule has 0 amide bonds. The quantitative estimate of drug-likeness (QED) is 0.434. The molecule has 0 aliphatic heterocycles. The highest BCUT2D eigenvalue weighted by atomic mass is 32.5. The first kappa shape index (κ1) is 16.4. The zero-order chi connectivity index (χ0) is 16.7. The molecule has 0 saturated heterocycles. The highest BCUT2D eigenvalue weighted by Crippen LogP contribution is 2.50. The molecule has 0 radical (unpaired) electrons. The molecule has 24 heavy (non-hydrogen) atoms. The summed E-state index contributed by atoms with van der Waals surface area (Å²) in [5.41, 5.74) is 0.944. The molecule has 0 atom stereocenters. The Morgan fingerprint density at radius 1 is 0.667 bits per heavy atom. The van der Waals surface area contributed by atoms with Crippen LogP contribution in [0.3, 0.4) is 0 Å². The van der Waals surface area contributed by atoms with E-state index in [1.54, 1.807) is 6.21 Å². The number of hydrogen-bond acceptors (Lipinski definition) is 3. The van der Waals surface area contributed by atoms with Crippen molar-refractivity contribution in [3.8, 4) is 11.5 Å². The van der Waals surface area contributed by atoms with Gasteiger partial charge < -0.3 is 9.05 Å². The Kier molecular flexibility index (Phi) is 5.42. The van der Waals surface area contributed by atoms with Gasteiger partial charge in [-0.05, 0) is 29.8 Å². The smallest absolute Gasteiger partial charge is 0.414 e. The van der Waals surface area contributed by atoms with Gasteiger partial charge in [-0.1, -0.05) is 66.7 Å². The molecule has 0 unspecified atom stereocenters. The first-order valence-electron chi connectivity index (χ1n) is 7.43. The lowest BCUT2D eigenvalue weighted by Gasteiger charge is -2.19. The molecule has 0 aromatic heterocycles. The van der Waals surface area contributed by atoms with Gasteiger partial charge in [-0.3, -0.25) is 0 Å². The minimum atomic E-state index is -2.93. The number of rotatable bonds is 6. The Hall–Kier alpha value is -2.42. The molecule has 0 heterocycles. The second kappa shape index (κ2) is 7.91. The average molecular weight is 353 g/mol. The van der Waals surface area contributed by atoms with Crippen molar-refractivity contribution in [2.24, 2.45) is 4.76 Å². The number of hydrogen-bond donors (Lipinski definition) is 0. The maximum Gasteiger partial charge on any atom is 0.414 e. The van der Waals surface area contributed by atoms with E-state index < -0.39 is 6.64 Å². The van der Waals surface area contributed by atoms with E-state index in [2.05, 4.69) is 4.76 Å². The second-order valence-electron chi connectivity index (χ2n) is 4.93. The molecule has 120 valence electrons. The molecule has 0 spiro atoms. The van der Waals surface area contributed by atoms with E-state index in [0.717, 1.165) is 5.56 Å². The van der Waals surface area contributed by atoms with Crippen molar-refractivity contribution in [1.82, 2.24) is 0 Å². The first-order chi connectivity index (χ1) is 11.7. The average Bonchev–Trinajstić information content (AvgIpc) is 2.63. The van der Waals surface area contributed by atoms with Gasteiger partial charge in [0.1, 0.15) is 11.5 Å². The summed E-state index contributed by atoms with van der Waals surface area (Å²) < 4.78 is 16.3. The van der Waals surface area contributed by atoms with Gasteiger partial charge >= 0.3 is 6.64 Å². The van der Waals surface area contributed by atoms with Gasteiger partial charge in [0, 0.05) is 18.0 Å². The minimum absolute atomic E-state index is 0.641. The molecular weight excluding hydrogens is 337 g/mol. The Labute approximate surface area is 146 Å². The van der Waals surface area contributed by atoms with Crippen LogP contribution in [0, 0.1) is 0 Å². The largest absolute Gasteiger partial charge is 0.419 e. The van der Waals surface area contributed by atoms with Crippen LogP contribution in [0.4, 0.5) is 0 Å². The lowest BCUT2D eigenvalue weighted by Crippen LogP contribution is -1.99. The minimum Gasteiger partial charge on any atom is -0.419 e. The summed E-state index contributed by atoms with van der Waals surface area (Å²) >= 11 is 5.63. The highest BCUT2D eigenvalue weighted by Gasteiger charge is 2.21. The van der Waals surface area contributed by atoms with E-state index in [-0.39, 0.29) is 0 Å². The van der Waals surface area contributed by atoms with Crippen LogP contribution in [0.25, 0.3) is 0 Å². The molecule has 3 aromatic carbocycles. The fourth-order valence-electron chi connectivity index (χ4n) is 1.97. The Balaban J connectivity index is 1.88. The van der Waals surface area contributed by atoms with Crippen molar-refractivity contribution < 1.29 is 9.05 Å². The summed E-state index contributed by atoms with van der Waals surface area (Å²) in [5, 5.41) is 0. The summed E-state index contributed by atoms with van der Waals surface area (Å²) in [6.07, 6.45) is 1.70. The molecule has 0 aliphatic carbocycles. The number of benzene rings is 3. The van der Waals surface area contributed by atoms with Crippen LogP contribution in [0.2, 0.25) is 0 Å². The van der Waals surface area contributed by atoms with Crippen LogP contribution in [-0.4, -0.2) is 6.21 Å². The third-order valence-corrected chi connectivity index (χ3v) is 5.09. The normalized spacial score (nSPS) is 11.3. The summed E-state index contributed by atoms with van der Waals surface area (Å²) in [5.74, 6) is 1.28. The van der Waals surface area contributed by atoms with Crippen molar-refractivity contribution in [2.45, 2.75) is 0 Å². The van der Waals surface area contributed by atoms with Crippen molar-refractivity contribution in [1.29, 1.82) is 0 Å². The molecule has 3 rings (SSSR count). The van der Waals surface area contributed by atoms with Gasteiger partial charge in [0.05, 0.1) is 0 Å². The van der Waals surface area contributed by atoms with Crippen LogP contribution in [0.5, 0.6) is 11.5 Å². The zero-order valence-electron chi connectivity index (χ0n) is 12.9. The molecule has 0 aliphatic rings. The fraction of sp³-hybridized carbons (Fsp3) is 0. The number of para-hydroxylation sites is 2. The van der Waals surface area contributed by atoms with Gasteiger partial charge in [-0.15, -0.1) is 0 Å². The molecule has 0 bridgehead atoms. The van der Waals surface area contributed by atoms with Crippen LogP contribution < -0.4 is 9.05 Å². The van der Waals surface area contributed by atoms with E-state index in [1.165, 1.54) is 0 Å². The van der Waals surface area contributed by atoms with Crippen molar-refractivity contribution >= 4 is 24.7 Å². The molecule has 3 aromatic rings. The topological polar surface area (TPSA) is 30.8 Å². The standard InChI is InChI=1S/C19H16NO2PS/c24-23(21-18-12-6-2-7-13-18,22-19-14-8-3-9-15-19)20-16-17-10-4-1-5-11-17/h1-16H/b20-16+. The molecule has 0 fully saturated rings. The maximum absolute atomic E-state index is 5.93. The van der Waals surface area contributed by atoms with E-state index >= 15 is 0 Å². The third kappa shape index (κ3) is 4.79. The molecule has 5 heteroatoms. The Bertz CT molecular complexity index is 794. The predicted octanol–water partition coefficient (Wildman–Crippen LogP) is 5.49. The first-order valence-corrected chi connectivity index (χ1v) is 10.0. The van der Waals surface area contributed by atoms with E-state index in [0.29, 0.717) is 11.5 Å². The van der Waals surface area contributed by atoms with Crippen LogP contribution in [0.15, 0.2) is 95.8 Å². The Morgan fingerprint density at radius 3 is 1.54 bits per heavy atom. The molecule has 0 saturated carbocycles. The summed E-state index contributed by atoms with van der Waals surface area (Å²) in [4.78, 5) is 0. The van der Waals surface area contributed by atoms with E-state index in [4.69, 9.17) is 20.9 Å². The monoisotopic (exact) mass is 353 g/mol. The van der Waals surface area contributed by atoms with Gasteiger partial charge in [0.25, 0.3) is 0 Å². The molecule has 3 nitrogen and oxygen atoms in total. The summed E-state index contributed by atoms with van der Waals surface area (Å²) in [6, 6.07) is 28.5. The van der Waals surface area contributed by atoms with Gasteiger partial charge in [-0.2, -0.15) is 4.76 Å². The predicted molar refractivity (Wildman–Crippen MR) is 102 cm³/mol. The Morgan fingerprint density at radius 2 is 1.08 bits per heavy atom. The van der Waals surface area contributed by atoms with Crippen LogP contribution in [0.1, 0.15) is 5.56 Å². The third-order valence-electron chi connectivity index (χ3n) is 3.08. The van der Waals surface area contributed by atoms with Gasteiger partial charge in [-0.25, -0.2) is 0 Å². The van der Waals surface area contributed by atoms with Gasteiger partial charge in [0.15, 0.2) is 0 Å². The zero-order valence-corrected chi connectivity index (χ0v) is 14.6. The number of nitrogens with zero attached hydrogens (tertiary/aromatic N) is 1. The van der Waals surface area contributed by atoms with Crippen molar-refractivity contribution in [2.75, 3.05) is 0 Å². The summed E-state index contributed by atoms with van der Waals surface area (Å²) in [6.45, 7) is -2.93. The van der Waals surface area contributed by atoms with Gasteiger partial charge in [0.2, 0.25) is 0 Å². The van der Waals surface area contributed by atoms with E-state index in [9.17, 15) is 0 Å². The summed E-state index contributed by atoms with van der Waals surface area (Å²) in [7, 11) is 0. The lowest BCUT2D eigenvalue weighted by atomic mass is 10.2. The second-order valence-corrected chi connectivity index (χ2v) is 7.85. The van der Waals surface area contributed by atoms with Crippen LogP contribution >= 0.6 is 6.64 Å². The van der Waals surface area contributed by atoms with Crippen LogP contribution in [-0.2, 0) is 11.8 Å². The van der Waals surface area contributed by atoms with Crippen molar-refractivity contribution in [3.63, 3.8) is 0 Å². The molecular formula is C19H16NO2PS. The van der Waals surface area contributed by atoms with E-state index in [1.807, 2.05) is 91.0 Å². The maximum atomic E-state index is 5.93. The molecule has 0 N–H and O–H groups in total.